The van der Waals surface area contributed by atoms with Gasteiger partial charge in [-0.1, -0.05) is 41.7 Å². The zero-order valence-corrected chi connectivity index (χ0v) is 16.3. The molecular formula is C20H22N4O2S. The van der Waals surface area contributed by atoms with Crippen LogP contribution in [0.15, 0.2) is 35.1 Å². The number of hydrogen-bond donors (Lipinski definition) is 0. The van der Waals surface area contributed by atoms with E-state index in [1.165, 1.54) is 21.5 Å². The van der Waals surface area contributed by atoms with Crippen molar-refractivity contribution in [2.24, 2.45) is 7.05 Å². The normalized spacial score (nSPS) is 17.0. The number of carbonyl (C=O) groups excluding carboxylic acids is 1. The molecule has 3 aromatic rings. The molecule has 1 aliphatic heterocycles. The summed E-state index contributed by atoms with van der Waals surface area (Å²) in [5.41, 5.74) is 1.44. The number of anilines is 1. The fraction of sp³-hybridized carbons (Fsp3) is 0.400. The number of thiazole rings is 1. The van der Waals surface area contributed by atoms with Crippen LogP contribution in [0.25, 0.3) is 10.3 Å². The van der Waals surface area contributed by atoms with Gasteiger partial charge in [0.15, 0.2) is 21.3 Å². The largest absolute Gasteiger partial charge is 0.338 e. The topological polar surface area (TPSA) is 68.1 Å². The molecule has 0 unspecified atom stereocenters. The highest BCUT2D eigenvalue weighted by Crippen LogP contribution is 2.32. The molecule has 1 aromatic carbocycles. The third-order valence-electron chi connectivity index (χ3n) is 5.23. The molecule has 0 radical (unpaired) electrons. The zero-order chi connectivity index (χ0) is 19.0. The van der Waals surface area contributed by atoms with E-state index in [9.17, 15) is 9.59 Å². The Kier molecular flexibility index (Phi) is 4.78. The molecule has 1 fully saturated rings. The Morgan fingerprint density at radius 3 is 2.81 bits per heavy atom. The van der Waals surface area contributed by atoms with E-state index < -0.39 is 0 Å². The molecule has 0 bridgehead atoms. The standard InChI is InChI=1S/C20H22N4O2S/c1-13-21-18-17(19(26)23(13)2)22-20(27-18)24-12-6-9-15(24)16(25)11-10-14-7-4-3-5-8-14/h3-5,7-8,15H,6,9-12H2,1-2H3/t15-/m1/s1. The van der Waals surface area contributed by atoms with Crippen molar-refractivity contribution >= 4 is 32.6 Å². The van der Waals surface area contributed by atoms with Crippen LogP contribution in [-0.4, -0.2) is 32.9 Å². The summed E-state index contributed by atoms with van der Waals surface area (Å²) < 4.78 is 1.51. The summed E-state index contributed by atoms with van der Waals surface area (Å²) in [6, 6.07) is 9.93. The number of hydrogen-bond acceptors (Lipinski definition) is 6. The Morgan fingerprint density at radius 2 is 2.04 bits per heavy atom. The second kappa shape index (κ2) is 7.23. The molecule has 1 atom stereocenters. The minimum Gasteiger partial charge on any atom is -0.338 e. The maximum Gasteiger partial charge on any atom is 0.280 e. The molecule has 0 aliphatic carbocycles. The highest BCUT2D eigenvalue weighted by atomic mass is 32.1. The third-order valence-corrected chi connectivity index (χ3v) is 6.21. The van der Waals surface area contributed by atoms with E-state index in [-0.39, 0.29) is 17.4 Å². The van der Waals surface area contributed by atoms with Gasteiger partial charge < -0.3 is 4.90 Å². The second-order valence-corrected chi connectivity index (χ2v) is 7.93. The molecule has 0 N–H and O–H groups in total. The SMILES string of the molecule is Cc1nc2sc(N3CCC[C@@H]3C(=O)CCc3ccccc3)nc2c(=O)n1C. The van der Waals surface area contributed by atoms with Crippen LogP contribution in [0.1, 0.15) is 30.7 Å². The molecular weight excluding hydrogens is 360 g/mol. The van der Waals surface area contributed by atoms with E-state index in [1.807, 2.05) is 25.1 Å². The molecule has 1 aliphatic rings. The monoisotopic (exact) mass is 382 g/mol. The number of Topliss-reactive ketones (excluding diaryl/α,β-unsaturated/α-hetero) is 1. The molecule has 3 heterocycles. The highest BCUT2D eigenvalue weighted by molar-refractivity contribution is 7.21. The summed E-state index contributed by atoms with van der Waals surface area (Å²) in [5, 5.41) is 0.732. The minimum atomic E-state index is -0.153. The minimum absolute atomic E-state index is 0.133. The van der Waals surface area contributed by atoms with Crippen LogP contribution in [0.3, 0.4) is 0 Å². The van der Waals surface area contributed by atoms with Gasteiger partial charge in [0.25, 0.3) is 5.56 Å². The van der Waals surface area contributed by atoms with Crippen molar-refractivity contribution in [3.63, 3.8) is 0 Å². The molecule has 140 valence electrons. The van der Waals surface area contributed by atoms with E-state index in [2.05, 4.69) is 27.0 Å². The molecule has 7 heteroatoms. The van der Waals surface area contributed by atoms with Gasteiger partial charge in [-0.25, -0.2) is 9.97 Å². The zero-order valence-electron chi connectivity index (χ0n) is 15.5. The lowest BCUT2D eigenvalue weighted by molar-refractivity contribution is -0.120. The number of rotatable bonds is 5. The number of fused-ring (bicyclic) bond motifs is 1. The number of carbonyl (C=O) groups is 1. The molecule has 2 aromatic heterocycles. The first-order valence-electron chi connectivity index (χ1n) is 9.22. The summed E-state index contributed by atoms with van der Waals surface area (Å²) in [7, 11) is 1.70. The van der Waals surface area contributed by atoms with Crippen LogP contribution in [0.4, 0.5) is 5.13 Å². The van der Waals surface area contributed by atoms with Gasteiger partial charge in [-0.15, -0.1) is 0 Å². The first kappa shape index (κ1) is 17.9. The average molecular weight is 382 g/mol. The maximum absolute atomic E-state index is 12.8. The van der Waals surface area contributed by atoms with Crippen LogP contribution in [0.5, 0.6) is 0 Å². The summed E-state index contributed by atoms with van der Waals surface area (Å²) in [4.78, 5) is 37.0. The number of aryl methyl sites for hydroxylation is 2. The summed E-state index contributed by atoms with van der Waals surface area (Å²) in [6.07, 6.45) is 3.08. The van der Waals surface area contributed by atoms with Gasteiger partial charge in [0.05, 0.1) is 6.04 Å². The Morgan fingerprint density at radius 1 is 1.26 bits per heavy atom. The lowest BCUT2D eigenvalue weighted by atomic mass is 10.0. The van der Waals surface area contributed by atoms with E-state index in [0.717, 1.165) is 30.9 Å². The van der Waals surface area contributed by atoms with Crippen molar-refractivity contribution in [3.05, 3.63) is 52.1 Å². The number of ketones is 1. The van der Waals surface area contributed by atoms with E-state index >= 15 is 0 Å². The summed E-state index contributed by atoms with van der Waals surface area (Å²) >= 11 is 1.41. The van der Waals surface area contributed by atoms with Crippen molar-refractivity contribution in [1.82, 2.24) is 14.5 Å². The highest BCUT2D eigenvalue weighted by Gasteiger charge is 2.32. The number of nitrogens with zero attached hydrogens (tertiary/aromatic N) is 4. The quantitative estimate of drug-likeness (QED) is 0.679. The van der Waals surface area contributed by atoms with Crippen LogP contribution in [0.2, 0.25) is 0 Å². The van der Waals surface area contributed by atoms with Crippen LogP contribution < -0.4 is 10.5 Å². The van der Waals surface area contributed by atoms with Gasteiger partial charge in [-0.05, 0) is 31.7 Å². The van der Waals surface area contributed by atoms with Crippen molar-refractivity contribution in [2.45, 2.75) is 38.6 Å². The fourth-order valence-corrected chi connectivity index (χ4v) is 4.63. The van der Waals surface area contributed by atoms with Gasteiger partial charge in [0, 0.05) is 20.0 Å². The number of benzene rings is 1. The summed E-state index contributed by atoms with van der Waals surface area (Å²) in [6.45, 7) is 2.60. The van der Waals surface area contributed by atoms with Crippen molar-refractivity contribution in [3.8, 4) is 0 Å². The first-order chi connectivity index (χ1) is 13.0. The van der Waals surface area contributed by atoms with Crippen molar-refractivity contribution in [1.29, 1.82) is 0 Å². The molecule has 0 saturated carbocycles. The third kappa shape index (κ3) is 3.39. The van der Waals surface area contributed by atoms with Crippen LogP contribution in [-0.2, 0) is 18.3 Å². The molecule has 27 heavy (non-hydrogen) atoms. The molecule has 4 rings (SSSR count). The smallest absolute Gasteiger partial charge is 0.280 e. The van der Waals surface area contributed by atoms with Gasteiger partial charge in [-0.2, -0.15) is 0 Å². The summed E-state index contributed by atoms with van der Waals surface area (Å²) in [5.74, 6) is 0.910. The Hall–Kier alpha value is -2.54. The van der Waals surface area contributed by atoms with Gasteiger partial charge in [-0.3, -0.25) is 14.2 Å². The van der Waals surface area contributed by atoms with Crippen LogP contribution >= 0.6 is 11.3 Å². The number of aromatic nitrogens is 3. The van der Waals surface area contributed by atoms with Crippen molar-refractivity contribution in [2.75, 3.05) is 11.4 Å². The van der Waals surface area contributed by atoms with Crippen molar-refractivity contribution < 1.29 is 4.79 Å². The molecule has 0 spiro atoms. The van der Waals surface area contributed by atoms with E-state index in [4.69, 9.17) is 0 Å². The second-order valence-electron chi connectivity index (χ2n) is 6.98. The maximum atomic E-state index is 12.8. The predicted molar refractivity (Wildman–Crippen MR) is 108 cm³/mol. The lowest BCUT2D eigenvalue weighted by Gasteiger charge is -2.22. The van der Waals surface area contributed by atoms with Gasteiger partial charge in [0.2, 0.25) is 0 Å². The molecule has 1 saturated heterocycles. The van der Waals surface area contributed by atoms with Gasteiger partial charge in [0.1, 0.15) is 5.82 Å². The Bertz CT molecular complexity index is 1040. The Balaban J connectivity index is 1.56. The van der Waals surface area contributed by atoms with E-state index in [1.54, 1.807) is 7.05 Å². The van der Waals surface area contributed by atoms with Gasteiger partial charge >= 0.3 is 0 Å². The lowest BCUT2D eigenvalue weighted by Crippen LogP contribution is -2.36. The molecule has 6 nitrogen and oxygen atoms in total. The Labute approximate surface area is 161 Å². The average Bonchev–Trinajstić information content (AvgIpc) is 3.32. The van der Waals surface area contributed by atoms with Crippen LogP contribution in [0, 0.1) is 6.92 Å². The van der Waals surface area contributed by atoms with E-state index in [0.29, 0.717) is 22.6 Å². The first-order valence-corrected chi connectivity index (χ1v) is 10.0. The predicted octanol–water partition coefficient (Wildman–Crippen LogP) is 2.87. The fourth-order valence-electron chi connectivity index (χ4n) is 3.58. The molecule has 0 amide bonds.